The molecule has 0 atom stereocenters. The molecule has 0 spiro atoms. The van der Waals surface area contributed by atoms with Crippen molar-refractivity contribution in [3.8, 4) is 11.1 Å². The second-order valence-corrected chi connectivity index (χ2v) is 3.53. The molecular formula is C13H8F4. The highest BCUT2D eigenvalue weighted by Crippen LogP contribution is 2.35. The van der Waals surface area contributed by atoms with Crippen molar-refractivity contribution >= 4 is 0 Å². The molecule has 2 rings (SSSR count). The van der Waals surface area contributed by atoms with Gasteiger partial charge < -0.3 is 0 Å². The maximum absolute atomic E-state index is 13.7. The average Bonchev–Trinajstić information content (AvgIpc) is 2.29. The van der Waals surface area contributed by atoms with Crippen LogP contribution in [0.25, 0.3) is 11.1 Å². The Labute approximate surface area is 95.5 Å². The van der Waals surface area contributed by atoms with Crippen molar-refractivity contribution in [3.05, 3.63) is 59.9 Å². The van der Waals surface area contributed by atoms with E-state index in [2.05, 4.69) is 0 Å². The van der Waals surface area contributed by atoms with E-state index in [1.54, 1.807) is 30.3 Å². The Balaban J connectivity index is 2.58. The number of alkyl halides is 3. The Morgan fingerprint density at radius 3 is 2.00 bits per heavy atom. The first-order valence-corrected chi connectivity index (χ1v) is 4.91. The lowest BCUT2D eigenvalue weighted by Crippen LogP contribution is -2.08. The molecular weight excluding hydrogens is 232 g/mol. The van der Waals surface area contributed by atoms with Crippen LogP contribution in [0.2, 0.25) is 0 Å². The van der Waals surface area contributed by atoms with Gasteiger partial charge in [-0.1, -0.05) is 42.5 Å². The van der Waals surface area contributed by atoms with Gasteiger partial charge in [0.05, 0.1) is 5.56 Å². The van der Waals surface area contributed by atoms with Gasteiger partial charge >= 0.3 is 6.18 Å². The van der Waals surface area contributed by atoms with Crippen LogP contribution in [-0.4, -0.2) is 0 Å². The molecule has 0 aliphatic carbocycles. The van der Waals surface area contributed by atoms with Gasteiger partial charge in [-0.25, -0.2) is 4.39 Å². The topological polar surface area (TPSA) is 0 Å². The van der Waals surface area contributed by atoms with Gasteiger partial charge in [0, 0.05) is 5.56 Å². The first-order valence-electron chi connectivity index (χ1n) is 4.91. The second-order valence-electron chi connectivity index (χ2n) is 3.53. The van der Waals surface area contributed by atoms with Crippen LogP contribution < -0.4 is 0 Å². The van der Waals surface area contributed by atoms with Crippen LogP contribution in [0.15, 0.2) is 48.5 Å². The lowest BCUT2D eigenvalue weighted by atomic mass is 10.0. The molecule has 0 aromatic heterocycles. The van der Waals surface area contributed by atoms with Crippen LogP contribution in [0.5, 0.6) is 0 Å². The lowest BCUT2D eigenvalue weighted by Gasteiger charge is -2.11. The molecule has 88 valence electrons. The minimum absolute atomic E-state index is 0.0413. The summed E-state index contributed by atoms with van der Waals surface area (Å²) in [4.78, 5) is 0. The van der Waals surface area contributed by atoms with Gasteiger partial charge in [0.2, 0.25) is 0 Å². The number of halogens is 4. The largest absolute Gasteiger partial charge is 0.419 e. The fourth-order valence-electron chi connectivity index (χ4n) is 1.59. The van der Waals surface area contributed by atoms with Crippen LogP contribution in [-0.2, 0) is 6.18 Å². The van der Waals surface area contributed by atoms with Gasteiger partial charge in [0.25, 0.3) is 0 Å². The summed E-state index contributed by atoms with van der Waals surface area (Å²) in [6.45, 7) is 0. The molecule has 0 amide bonds. The molecule has 0 aliphatic heterocycles. The zero-order valence-electron chi connectivity index (χ0n) is 8.63. The Morgan fingerprint density at radius 2 is 1.41 bits per heavy atom. The Bertz CT molecular complexity index is 515. The van der Waals surface area contributed by atoms with Crippen molar-refractivity contribution in [2.75, 3.05) is 0 Å². The average molecular weight is 240 g/mol. The number of hydrogen-bond acceptors (Lipinski definition) is 0. The Morgan fingerprint density at radius 1 is 0.765 bits per heavy atom. The zero-order chi connectivity index (χ0) is 12.5. The van der Waals surface area contributed by atoms with Gasteiger partial charge in [0.15, 0.2) is 0 Å². The fraction of sp³-hybridized carbons (Fsp3) is 0.0769. The molecule has 0 saturated heterocycles. The van der Waals surface area contributed by atoms with Crippen LogP contribution >= 0.6 is 0 Å². The molecule has 0 saturated carbocycles. The Kier molecular flexibility index (Phi) is 2.88. The summed E-state index contributed by atoms with van der Waals surface area (Å²) in [7, 11) is 0. The van der Waals surface area contributed by atoms with Crippen LogP contribution in [0.1, 0.15) is 5.56 Å². The van der Waals surface area contributed by atoms with Gasteiger partial charge in [-0.3, -0.25) is 0 Å². The minimum Gasteiger partial charge on any atom is -0.206 e. The minimum atomic E-state index is -4.67. The number of benzene rings is 2. The standard InChI is InChI=1S/C13H8F4/c14-12-10(9-5-2-1-3-6-9)7-4-8-11(12)13(15,16)17/h1-8H. The molecule has 4 heteroatoms. The molecule has 2 aromatic rings. The van der Waals surface area contributed by atoms with Crippen molar-refractivity contribution in [1.82, 2.24) is 0 Å². The zero-order valence-corrected chi connectivity index (χ0v) is 8.63. The summed E-state index contributed by atoms with van der Waals surface area (Å²) in [5.41, 5.74) is -0.852. The van der Waals surface area contributed by atoms with Crippen molar-refractivity contribution in [2.45, 2.75) is 6.18 Å². The SMILES string of the molecule is Fc1c(-c2ccccc2)cccc1C(F)(F)F. The summed E-state index contributed by atoms with van der Waals surface area (Å²) >= 11 is 0. The summed E-state index contributed by atoms with van der Waals surface area (Å²) in [5.74, 6) is -1.23. The van der Waals surface area contributed by atoms with Crippen molar-refractivity contribution in [2.24, 2.45) is 0 Å². The predicted octanol–water partition coefficient (Wildman–Crippen LogP) is 4.51. The maximum Gasteiger partial charge on any atom is 0.419 e. The smallest absolute Gasteiger partial charge is 0.206 e. The lowest BCUT2D eigenvalue weighted by molar-refractivity contribution is -0.139. The molecule has 0 nitrogen and oxygen atoms in total. The number of rotatable bonds is 1. The predicted molar refractivity (Wildman–Crippen MR) is 56.8 cm³/mol. The molecule has 0 fully saturated rings. The highest BCUT2D eigenvalue weighted by molar-refractivity contribution is 5.65. The van der Waals surface area contributed by atoms with E-state index in [1.807, 2.05) is 0 Å². The molecule has 0 N–H and O–H groups in total. The van der Waals surface area contributed by atoms with E-state index < -0.39 is 17.6 Å². The van der Waals surface area contributed by atoms with Crippen molar-refractivity contribution in [3.63, 3.8) is 0 Å². The van der Waals surface area contributed by atoms with E-state index in [0.717, 1.165) is 6.07 Å². The van der Waals surface area contributed by atoms with E-state index in [-0.39, 0.29) is 5.56 Å². The third-order valence-corrected chi connectivity index (χ3v) is 2.39. The van der Waals surface area contributed by atoms with Crippen LogP contribution in [0.3, 0.4) is 0 Å². The van der Waals surface area contributed by atoms with Gasteiger partial charge in [-0.05, 0) is 11.6 Å². The second kappa shape index (κ2) is 4.20. The quantitative estimate of drug-likeness (QED) is 0.643. The third kappa shape index (κ3) is 2.30. The van der Waals surface area contributed by atoms with Gasteiger partial charge in [-0.2, -0.15) is 13.2 Å². The highest BCUT2D eigenvalue weighted by Gasteiger charge is 2.34. The van der Waals surface area contributed by atoms with Crippen molar-refractivity contribution < 1.29 is 17.6 Å². The van der Waals surface area contributed by atoms with Gasteiger partial charge in [0.1, 0.15) is 5.82 Å². The summed E-state index contributed by atoms with van der Waals surface area (Å²) in [6, 6.07) is 11.4. The molecule has 0 heterocycles. The first kappa shape index (κ1) is 11.6. The molecule has 0 radical (unpaired) electrons. The van der Waals surface area contributed by atoms with E-state index in [9.17, 15) is 17.6 Å². The third-order valence-electron chi connectivity index (χ3n) is 2.39. The maximum atomic E-state index is 13.7. The normalized spacial score (nSPS) is 11.5. The van der Waals surface area contributed by atoms with E-state index >= 15 is 0 Å². The van der Waals surface area contributed by atoms with E-state index in [4.69, 9.17) is 0 Å². The molecule has 2 aromatic carbocycles. The summed E-state index contributed by atoms with van der Waals surface area (Å²) < 4.78 is 51.2. The number of hydrogen-bond donors (Lipinski definition) is 0. The molecule has 0 unspecified atom stereocenters. The van der Waals surface area contributed by atoms with E-state index in [0.29, 0.717) is 5.56 Å². The molecule has 0 bridgehead atoms. The monoisotopic (exact) mass is 240 g/mol. The van der Waals surface area contributed by atoms with E-state index in [1.165, 1.54) is 12.1 Å². The molecule has 17 heavy (non-hydrogen) atoms. The highest BCUT2D eigenvalue weighted by atomic mass is 19.4. The van der Waals surface area contributed by atoms with Crippen LogP contribution in [0, 0.1) is 5.82 Å². The Hall–Kier alpha value is -1.84. The molecule has 0 aliphatic rings. The van der Waals surface area contributed by atoms with Gasteiger partial charge in [-0.15, -0.1) is 0 Å². The summed E-state index contributed by atoms with van der Waals surface area (Å²) in [6.07, 6.45) is -4.67. The van der Waals surface area contributed by atoms with Crippen LogP contribution in [0.4, 0.5) is 17.6 Å². The summed E-state index contributed by atoms with van der Waals surface area (Å²) in [5, 5.41) is 0. The van der Waals surface area contributed by atoms with Crippen molar-refractivity contribution in [1.29, 1.82) is 0 Å². The fourth-order valence-corrected chi connectivity index (χ4v) is 1.59. The first-order chi connectivity index (χ1) is 8.00.